The molecule has 1 fully saturated rings. The summed E-state index contributed by atoms with van der Waals surface area (Å²) in [5.74, 6) is 1.15. The second kappa shape index (κ2) is 4.66. The van der Waals surface area contributed by atoms with E-state index in [1.165, 1.54) is 0 Å². The number of nitrogens with two attached hydrogens (primary N) is 1. The number of morpholine rings is 1. The van der Waals surface area contributed by atoms with Gasteiger partial charge in [0, 0.05) is 32.2 Å². The van der Waals surface area contributed by atoms with E-state index >= 15 is 0 Å². The highest BCUT2D eigenvalue weighted by Crippen LogP contribution is 2.25. The van der Waals surface area contributed by atoms with E-state index in [1.54, 1.807) is 0 Å². The van der Waals surface area contributed by atoms with E-state index in [0.29, 0.717) is 6.54 Å². The monoisotopic (exact) mass is 238 g/mol. The number of hydrogen-bond acceptors (Lipinski definition) is 4. The van der Waals surface area contributed by atoms with Gasteiger partial charge in [-0.05, 0) is 20.8 Å². The van der Waals surface area contributed by atoms with E-state index in [1.807, 2.05) is 18.7 Å². The minimum Gasteiger partial charge on any atom is -0.372 e. The zero-order valence-electron chi connectivity index (χ0n) is 11.1. The molecular weight excluding hydrogens is 216 g/mol. The molecule has 0 amide bonds. The second-order valence-electron chi connectivity index (χ2n) is 4.88. The summed E-state index contributed by atoms with van der Waals surface area (Å²) < 4.78 is 7.69. The Hall–Kier alpha value is -1.07. The van der Waals surface area contributed by atoms with Gasteiger partial charge < -0.3 is 15.4 Å². The molecule has 17 heavy (non-hydrogen) atoms. The van der Waals surface area contributed by atoms with E-state index < -0.39 is 0 Å². The number of anilines is 1. The quantitative estimate of drug-likeness (QED) is 0.828. The number of ether oxygens (including phenoxy) is 1. The van der Waals surface area contributed by atoms with Crippen molar-refractivity contribution in [2.75, 3.05) is 18.0 Å². The van der Waals surface area contributed by atoms with Gasteiger partial charge in [-0.3, -0.25) is 4.68 Å². The van der Waals surface area contributed by atoms with Crippen molar-refractivity contribution in [3.05, 3.63) is 11.3 Å². The highest BCUT2D eigenvalue weighted by atomic mass is 16.5. The first-order chi connectivity index (χ1) is 8.02. The van der Waals surface area contributed by atoms with Gasteiger partial charge in [0.05, 0.1) is 17.9 Å². The zero-order chi connectivity index (χ0) is 12.6. The van der Waals surface area contributed by atoms with E-state index in [0.717, 1.165) is 30.2 Å². The maximum atomic E-state index is 5.83. The molecule has 1 aliphatic heterocycles. The molecule has 2 rings (SSSR count). The van der Waals surface area contributed by atoms with Crippen LogP contribution in [-0.2, 0) is 18.3 Å². The van der Waals surface area contributed by atoms with Crippen molar-refractivity contribution in [3.8, 4) is 0 Å². The summed E-state index contributed by atoms with van der Waals surface area (Å²) in [5.41, 5.74) is 8.00. The van der Waals surface area contributed by atoms with Gasteiger partial charge in [0.2, 0.25) is 0 Å². The first-order valence-corrected chi connectivity index (χ1v) is 6.15. The number of aryl methyl sites for hydroxylation is 2. The summed E-state index contributed by atoms with van der Waals surface area (Å²) in [6.45, 7) is 8.56. The van der Waals surface area contributed by atoms with Crippen LogP contribution in [0.4, 0.5) is 5.82 Å². The van der Waals surface area contributed by atoms with Crippen LogP contribution in [0.5, 0.6) is 0 Å². The first kappa shape index (κ1) is 12.4. The highest BCUT2D eigenvalue weighted by Gasteiger charge is 2.26. The number of hydrogen-bond donors (Lipinski definition) is 1. The molecule has 0 aromatic carbocycles. The van der Waals surface area contributed by atoms with Crippen LogP contribution >= 0.6 is 0 Å². The maximum Gasteiger partial charge on any atom is 0.131 e. The molecule has 0 aliphatic carbocycles. The minimum absolute atomic E-state index is 0.250. The van der Waals surface area contributed by atoms with Crippen LogP contribution in [0.25, 0.3) is 0 Å². The Bertz CT molecular complexity index is 391. The molecule has 0 saturated carbocycles. The third kappa shape index (κ3) is 2.30. The molecule has 2 N–H and O–H groups in total. The lowest BCUT2D eigenvalue weighted by molar-refractivity contribution is -0.00569. The summed E-state index contributed by atoms with van der Waals surface area (Å²) in [7, 11) is 1.98. The van der Waals surface area contributed by atoms with Crippen molar-refractivity contribution in [1.82, 2.24) is 9.78 Å². The van der Waals surface area contributed by atoms with Gasteiger partial charge >= 0.3 is 0 Å². The fourth-order valence-corrected chi connectivity index (χ4v) is 2.68. The molecule has 2 heterocycles. The van der Waals surface area contributed by atoms with Gasteiger partial charge in [-0.2, -0.15) is 5.10 Å². The Morgan fingerprint density at radius 1 is 1.35 bits per heavy atom. The smallest absolute Gasteiger partial charge is 0.131 e. The first-order valence-electron chi connectivity index (χ1n) is 6.15. The van der Waals surface area contributed by atoms with E-state index in [-0.39, 0.29) is 12.2 Å². The van der Waals surface area contributed by atoms with Gasteiger partial charge in [-0.1, -0.05) is 0 Å². The fraction of sp³-hybridized carbons (Fsp3) is 0.750. The summed E-state index contributed by atoms with van der Waals surface area (Å²) in [6.07, 6.45) is 0.499. The Kier molecular flexibility index (Phi) is 3.40. The largest absolute Gasteiger partial charge is 0.372 e. The summed E-state index contributed by atoms with van der Waals surface area (Å²) in [6, 6.07) is 0. The average molecular weight is 238 g/mol. The van der Waals surface area contributed by atoms with Crippen molar-refractivity contribution in [2.45, 2.75) is 39.5 Å². The lowest BCUT2D eigenvalue weighted by atomic mass is 10.2. The molecule has 96 valence electrons. The SMILES string of the molecule is Cc1nn(C)c(N2C[C@@H](C)O[C@@H](C)C2)c1CN. The number of rotatable bonds is 2. The van der Waals surface area contributed by atoms with Crippen molar-refractivity contribution in [1.29, 1.82) is 0 Å². The van der Waals surface area contributed by atoms with Crippen LogP contribution in [0.15, 0.2) is 0 Å². The third-order valence-electron chi connectivity index (χ3n) is 3.24. The summed E-state index contributed by atoms with van der Waals surface area (Å²) >= 11 is 0. The minimum atomic E-state index is 0.250. The lowest BCUT2D eigenvalue weighted by Crippen LogP contribution is -2.46. The Morgan fingerprint density at radius 3 is 2.47 bits per heavy atom. The van der Waals surface area contributed by atoms with Crippen molar-refractivity contribution < 1.29 is 4.74 Å². The molecule has 1 aromatic heterocycles. The zero-order valence-corrected chi connectivity index (χ0v) is 11.1. The highest BCUT2D eigenvalue weighted by molar-refractivity contribution is 5.50. The van der Waals surface area contributed by atoms with Crippen LogP contribution in [0.1, 0.15) is 25.1 Å². The molecule has 1 aliphatic rings. The average Bonchev–Trinajstić information content (AvgIpc) is 2.51. The predicted molar refractivity (Wildman–Crippen MR) is 68.1 cm³/mol. The maximum absolute atomic E-state index is 5.83. The third-order valence-corrected chi connectivity index (χ3v) is 3.24. The van der Waals surface area contributed by atoms with Crippen LogP contribution in [-0.4, -0.2) is 35.1 Å². The molecule has 0 unspecified atom stereocenters. The van der Waals surface area contributed by atoms with Gasteiger partial charge in [0.25, 0.3) is 0 Å². The fourth-order valence-electron chi connectivity index (χ4n) is 2.68. The van der Waals surface area contributed by atoms with Crippen LogP contribution in [0, 0.1) is 6.92 Å². The summed E-state index contributed by atoms with van der Waals surface area (Å²) in [4.78, 5) is 2.33. The molecule has 5 nitrogen and oxygen atoms in total. The van der Waals surface area contributed by atoms with Gasteiger partial charge in [-0.25, -0.2) is 0 Å². The molecule has 0 bridgehead atoms. The normalized spacial score (nSPS) is 25.4. The number of nitrogens with zero attached hydrogens (tertiary/aromatic N) is 3. The van der Waals surface area contributed by atoms with E-state index in [4.69, 9.17) is 10.5 Å². The molecule has 2 atom stereocenters. The molecule has 5 heteroatoms. The molecule has 0 spiro atoms. The Labute approximate surface area is 103 Å². The van der Waals surface area contributed by atoms with E-state index in [2.05, 4.69) is 23.8 Å². The van der Waals surface area contributed by atoms with Crippen LogP contribution in [0.2, 0.25) is 0 Å². The second-order valence-corrected chi connectivity index (χ2v) is 4.88. The molecule has 0 radical (unpaired) electrons. The molecule has 1 saturated heterocycles. The molecular formula is C12H22N4O. The topological polar surface area (TPSA) is 56.3 Å². The lowest BCUT2D eigenvalue weighted by Gasteiger charge is -2.37. The number of aromatic nitrogens is 2. The van der Waals surface area contributed by atoms with Crippen molar-refractivity contribution >= 4 is 5.82 Å². The standard InChI is InChI=1S/C12H22N4O/c1-8-6-16(7-9(2)17-8)12-11(5-13)10(3)14-15(12)4/h8-9H,5-7,13H2,1-4H3/t8-,9+. The van der Waals surface area contributed by atoms with Crippen LogP contribution < -0.4 is 10.6 Å². The summed E-state index contributed by atoms with van der Waals surface area (Å²) in [5, 5.41) is 4.46. The van der Waals surface area contributed by atoms with Gasteiger partial charge in [-0.15, -0.1) is 0 Å². The van der Waals surface area contributed by atoms with Crippen molar-refractivity contribution in [3.63, 3.8) is 0 Å². The van der Waals surface area contributed by atoms with Crippen molar-refractivity contribution in [2.24, 2.45) is 12.8 Å². The predicted octanol–water partition coefficient (Wildman–Crippen LogP) is 0.801. The van der Waals surface area contributed by atoms with Gasteiger partial charge in [0.15, 0.2) is 0 Å². The van der Waals surface area contributed by atoms with E-state index in [9.17, 15) is 0 Å². The Balaban J connectivity index is 2.32. The molecule has 1 aromatic rings. The van der Waals surface area contributed by atoms with Gasteiger partial charge in [0.1, 0.15) is 5.82 Å². The van der Waals surface area contributed by atoms with Crippen LogP contribution in [0.3, 0.4) is 0 Å². The Morgan fingerprint density at radius 2 is 1.94 bits per heavy atom.